The molecule has 0 spiro atoms. The molecule has 0 aliphatic rings. The monoisotopic (exact) mass is 288 g/mol. The first-order valence-corrected chi connectivity index (χ1v) is 6.25. The molecule has 0 saturated carbocycles. The van der Waals surface area contributed by atoms with Crippen LogP contribution < -0.4 is 10.6 Å². The lowest BCUT2D eigenvalue weighted by Crippen LogP contribution is -2.44. The minimum atomic E-state index is -0.632. The Balaban J connectivity index is 2.76. The number of benzene rings is 1. The molecule has 0 heterocycles. The minimum absolute atomic E-state index is 0.246. The van der Waals surface area contributed by atoms with Gasteiger partial charge in [-0.1, -0.05) is 23.2 Å². The zero-order chi connectivity index (χ0) is 13.7. The van der Waals surface area contributed by atoms with Gasteiger partial charge in [-0.25, -0.2) is 0 Å². The van der Waals surface area contributed by atoms with Gasteiger partial charge in [0.1, 0.15) is 6.04 Å². The third-order valence-electron chi connectivity index (χ3n) is 2.26. The van der Waals surface area contributed by atoms with Gasteiger partial charge in [0, 0.05) is 11.6 Å². The zero-order valence-corrected chi connectivity index (χ0v) is 11.6. The van der Waals surface area contributed by atoms with E-state index >= 15 is 0 Å². The first-order chi connectivity index (χ1) is 8.45. The summed E-state index contributed by atoms with van der Waals surface area (Å²) >= 11 is 11.7. The molecule has 0 aliphatic carbocycles. The Bertz CT molecular complexity index is 463. The van der Waals surface area contributed by atoms with Gasteiger partial charge >= 0.3 is 0 Å². The van der Waals surface area contributed by atoms with Gasteiger partial charge in [-0.15, -0.1) is 0 Å². The van der Waals surface area contributed by atoms with Crippen LogP contribution in [-0.2, 0) is 4.79 Å². The lowest BCUT2D eigenvalue weighted by molar-refractivity contribution is -0.122. The van der Waals surface area contributed by atoms with E-state index < -0.39 is 11.9 Å². The highest BCUT2D eigenvalue weighted by Gasteiger charge is 2.17. The van der Waals surface area contributed by atoms with E-state index in [0.717, 1.165) is 0 Å². The van der Waals surface area contributed by atoms with E-state index in [1.165, 1.54) is 12.1 Å². The Morgan fingerprint density at radius 3 is 2.61 bits per heavy atom. The molecule has 98 valence electrons. The Kier molecular flexibility index (Phi) is 5.44. The van der Waals surface area contributed by atoms with Crippen molar-refractivity contribution < 1.29 is 9.59 Å². The molecule has 1 atom stereocenters. The van der Waals surface area contributed by atoms with Crippen LogP contribution in [0.25, 0.3) is 0 Å². The summed E-state index contributed by atoms with van der Waals surface area (Å²) in [6, 6.07) is 3.96. The predicted octanol–water partition coefficient (Wildman–Crippen LogP) is 2.25. The summed E-state index contributed by atoms with van der Waals surface area (Å²) in [5.74, 6) is -0.676. The second kappa shape index (κ2) is 6.61. The average Bonchev–Trinajstić information content (AvgIpc) is 2.32. The summed E-state index contributed by atoms with van der Waals surface area (Å²) in [5, 5.41) is 5.87. The molecule has 1 rings (SSSR count). The molecule has 6 heteroatoms. The fourth-order valence-corrected chi connectivity index (χ4v) is 1.71. The largest absolute Gasteiger partial charge is 0.355 e. The topological polar surface area (TPSA) is 58.2 Å². The van der Waals surface area contributed by atoms with Crippen molar-refractivity contribution in [1.29, 1.82) is 0 Å². The molecule has 1 unspecified atom stereocenters. The quantitative estimate of drug-likeness (QED) is 0.893. The second-order valence-electron chi connectivity index (χ2n) is 3.71. The predicted molar refractivity (Wildman–Crippen MR) is 72.1 cm³/mol. The summed E-state index contributed by atoms with van der Waals surface area (Å²) in [4.78, 5) is 23.4. The Morgan fingerprint density at radius 2 is 2.00 bits per heavy atom. The van der Waals surface area contributed by atoms with Crippen molar-refractivity contribution in [2.24, 2.45) is 0 Å². The van der Waals surface area contributed by atoms with E-state index in [-0.39, 0.29) is 11.5 Å². The number of carbonyl (C=O) groups excluding carboxylic acids is 2. The van der Waals surface area contributed by atoms with Crippen molar-refractivity contribution in [3.05, 3.63) is 33.8 Å². The molecule has 0 aromatic heterocycles. The maximum absolute atomic E-state index is 11.9. The fraction of sp³-hybridized carbons (Fsp3) is 0.333. The molecule has 1 aromatic carbocycles. The van der Waals surface area contributed by atoms with Gasteiger partial charge < -0.3 is 10.6 Å². The number of rotatable bonds is 4. The van der Waals surface area contributed by atoms with Crippen LogP contribution in [0.15, 0.2) is 18.2 Å². The molecule has 0 saturated heterocycles. The molecule has 0 bridgehead atoms. The van der Waals surface area contributed by atoms with Crippen molar-refractivity contribution >= 4 is 35.0 Å². The van der Waals surface area contributed by atoms with Crippen LogP contribution in [-0.4, -0.2) is 24.4 Å². The second-order valence-corrected chi connectivity index (χ2v) is 4.56. The van der Waals surface area contributed by atoms with Crippen LogP contribution in [0.4, 0.5) is 0 Å². The summed E-state index contributed by atoms with van der Waals surface area (Å²) in [7, 11) is 0. The normalized spacial score (nSPS) is 11.8. The van der Waals surface area contributed by atoms with Gasteiger partial charge in [0.05, 0.1) is 10.6 Å². The van der Waals surface area contributed by atoms with Crippen LogP contribution in [0, 0.1) is 0 Å². The SMILES string of the molecule is CCNC(=O)C(C)NC(=O)c1cc(Cl)ccc1Cl. The molecule has 4 nitrogen and oxygen atoms in total. The minimum Gasteiger partial charge on any atom is -0.355 e. The summed E-state index contributed by atoms with van der Waals surface area (Å²) in [6.07, 6.45) is 0. The number of hydrogen-bond donors (Lipinski definition) is 2. The maximum Gasteiger partial charge on any atom is 0.253 e. The molecule has 1 aromatic rings. The van der Waals surface area contributed by atoms with Crippen molar-refractivity contribution in [1.82, 2.24) is 10.6 Å². The zero-order valence-electron chi connectivity index (χ0n) is 10.1. The van der Waals surface area contributed by atoms with Crippen molar-refractivity contribution in [3.63, 3.8) is 0 Å². The maximum atomic E-state index is 11.9. The third-order valence-corrected chi connectivity index (χ3v) is 2.83. The van der Waals surface area contributed by atoms with Crippen molar-refractivity contribution in [3.8, 4) is 0 Å². The van der Waals surface area contributed by atoms with E-state index in [1.54, 1.807) is 19.9 Å². The smallest absolute Gasteiger partial charge is 0.253 e. The van der Waals surface area contributed by atoms with Crippen LogP contribution in [0.1, 0.15) is 24.2 Å². The van der Waals surface area contributed by atoms with Crippen molar-refractivity contribution in [2.45, 2.75) is 19.9 Å². The molecule has 0 radical (unpaired) electrons. The Labute approximate surface area is 116 Å². The van der Waals surface area contributed by atoms with Gasteiger partial charge in [0.2, 0.25) is 5.91 Å². The van der Waals surface area contributed by atoms with E-state index in [2.05, 4.69) is 10.6 Å². The third kappa shape index (κ3) is 3.89. The number of nitrogens with one attached hydrogen (secondary N) is 2. The lowest BCUT2D eigenvalue weighted by Gasteiger charge is -2.14. The Morgan fingerprint density at radius 1 is 1.33 bits per heavy atom. The van der Waals surface area contributed by atoms with Gasteiger partial charge in [-0.05, 0) is 32.0 Å². The standard InChI is InChI=1S/C12H14Cl2N2O2/c1-3-15-11(17)7(2)16-12(18)9-6-8(13)4-5-10(9)14/h4-7H,3H2,1-2H3,(H,15,17)(H,16,18). The molecule has 2 N–H and O–H groups in total. The van der Waals surface area contributed by atoms with Gasteiger partial charge in [0.15, 0.2) is 0 Å². The van der Waals surface area contributed by atoms with Crippen molar-refractivity contribution in [2.75, 3.05) is 6.54 Å². The first-order valence-electron chi connectivity index (χ1n) is 5.49. The Hall–Kier alpha value is -1.26. The summed E-state index contributed by atoms with van der Waals surface area (Å²) < 4.78 is 0. The molecule has 2 amide bonds. The van der Waals surface area contributed by atoms with E-state index in [1.807, 2.05) is 0 Å². The highest BCUT2D eigenvalue weighted by Crippen LogP contribution is 2.20. The highest BCUT2D eigenvalue weighted by atomic mass is 35.5. The molecule has 18 heavy (non-hydrogen) atoms. The van der Waals surface area contributed by atoms with E-state index in [9.17, 15) is 9.59 Å². The average molecular weight is 289 g/mol. The van der Waals surface area contributed by atoms with Crippen LogP contribution >= 0.6 is 23.2 Å². The number of hydrogen-bond acceptors (Lipinski definition) is 2. The number of halogens is 2. The summed E-state index contributed by atoms with van der Waals surface area (Å²) in [5.41, 5.74) is 0.250. The van der Waals surface area contributed by atoms with Gasteiger partial charge in [-0.2, -0.15) is 0 Å². The molecule has 0 aliphatic heterocycles. The number of amides is 2. The van der Waals surface area contributed by atoms with E-state index in [4.69, 9.17) is 23.2 Å². The molecule has 0 fully saturated rings. The summed E-state index contributed by atoms with van der Waals surface area (Å²) in [6.45, 7) is 3.92. The van der Waals surface area contributed by atoms with Gasteiger partial charge in [-0.3, -0.25) is 9.59 Å². The van der Waals surface area contributed by atoms with E-state index in [0.29, 0.717) is 16.6 Å². The molecular formula is C12H14Cl2N2O2. The molecular weight excluding hydrogens is 275 g/mol. The van der Waals surface area contributed by atoms with Gasteiger partial charge in [0.25, 0.3) is 5.91 Å². The first kappa shape index (κ1) is 14.8. The number of carbonyl (C=O) groups is 2. The van der Waals surface area contributed by atoms with Crippen LogP contribution in [0.5, 0.6) is 0 Å². The highest BCUT2D eigenvalue weighted by molar-refractivity contribution is 6.35. The number of likely N-dealkylation sites (N-methyl/N-ethyl adjacent to an activating group) is 1. The lowest BCUT2D eigenvalue weighted by atomic mass is 10.2. The van der Waals surface area contributed by atoms with Crippen LogP contribution in [0.2, 0.25) is 10.0 Å². The van der Waals surface area contributed by atoms with Crippen LogP contribution in [0.3, 0.4) is 0 Å². The fourth-order valence-electron chi connectivity index (χ4n) is 1.34.